The lowest BCUT2D eigenvalue weighted by Crippen LogP contribution is -2.35. The lowest BCUT2D eigenvalue weighted by molar-refractivity contribution is -0.116. The van der Waals surface area contributed by atoms with Crippen molar-refractivity contribution in [2.75, 3.05) is 18.9 Å². The number of carbonyl (C=O) groups is 2. The zero-order chi connectivity index (χ0) is 18.1. The number of amides is 2. The van der Waals surface area contributed by atoms with Crippen molar-refractivity contribution in [3.8, 4) is 0 Å². The van der Waals surface area contributed by atoms with E-state index in [1.807, 2.05) is 0 Å². The van der Waals surface area contributed by atoms with Crippen molar-refractivity contribution in [2.24, 2.45) is 0 Å². The third-order valence-electron chi connectivity index (χ3n) is 3.72. The van der Waals surface area contributed by atoms with Gasteiger partial charge in [0.15, 0.2) is 11.6 Å². The first-order valence-corrected chi connectivity index (χ1v) is 7.90. The second kappa shape index (κ2) is 6.60. The summed E-state index contributed by atoms with van der Waals surface area (Å²) in [6.07, 6.45) is 0. The average molecular weight is 362 g/mol. The molecule has 2 amide bonds. The molecule has 0 fully saturated rings. The molecule has 0 saturated heterocycles. The molecule has 25 heavy (non-hydrogen) atoms. The zero-order valence-electron chi connectivity index (χ0n) is 13.9. The Kier molecular flexibility index (Phi) is 4.50. The van der Waals surface area contributed by atoms with Crippen LogP contribution in [-0.4, -0.2) is 35.5 Å². The first-order chi connectivity index (χ1) is 11.8. The molecule has 0 aliphatic heterocycles. The van der Waals surface area contributed by atoms with E-state index in [1.54, 1.807) is 38.1 Å². The van der Waals surface area contributed by atoms with E-state index < -0.39 is 5.91 Å². The van der Waals surface area contributed by atoms with Gasteiger partial charge >= 0.3 is 0 Å². The summed E-state index contributed by atoms with van der Waals surface area (Å²) in [6, 6.07) is 6.73. The summed E-state index contributed by atoms with van der Waals surface area (Å²) >= 11 is 5.99. The molecule has 130 valence electrons. The normalized spacial score (nSPS) is 10.9. The van der Waals surface area contributed by atoms with Crippen LogP contribution in [0.15, 0.2) is 33.2 Å². The Labute approximate surface area is 148 Å². The van der Waals surface area contributed by atoms with E-state index in [-0.39, 0.29) is 18.2 Å². The molecular formula is C17H16ClN3O4. The summed E-state index contributed by atoms with van der Waals surface area (Å²) in [5, 5.41) is 7.57. The highest BCUT2D eigenvalue weighted by atomic mass is 35.5. The van der Waals surface area contributed by atoms with Crippen LogP contribution in [0.3, 0.4) is 0 Å². The molecule has 3 aromatic rings. The fourth-order valence-electron chi connectivity index (χ4n) is 2.47. The number of aromatic nitrogens is 1. The number of fused-ring (bicyclic) bond motifs is 1. The Morgan fingerprint density at radius 1 is 1.28 bits per heavy atom. The van der Waals surface area contributed by atoms with Crippen LogP contribution in [0.5, 0.6) is 0 Å². The molecule has 0 saturated carbocycles. The number of aryl methyl sites for hydroxylation is 2. The van der Waals surface area contributed by atoms with Gasteiger partial charge in [0.2, 0.25) is 5.91 Å². The number of nitrogens with one attached hydrogen (secondary N) is 1. The van der Waals surface area contributed by atoms with Crippen molar-refractivity contribution >= 4 is 40.2 Å². The number of rotatable bonds is 4. The van der Waals surface area contributed by atoms with E-state index in [4.69, 9.17) is 20.5 Å². The fraction of sp³-hybridized carbons (Fsp3) is 0.235. The van der Waals surface area contributed by atoms with Gasteiger partial charge in [-0.1, -0.05) is 16.8 Å². The van der Waals surface area contributed by atoms with Gasteiger partial charge in [-0.05, 0) is 32.0 Å². The highest BCUT2D eigenvalue weighted by Crippen LogP contribution is 2.28. The maximum Gasteiger partial charge on any atom is 0.290 e. The van der Waals surface area contributed by atoms with Crippen LogP contribution in [-0.2, 0) is 4.79 Å². The van der Waals surface area contributed by atoms with Gasteiger partial charge in [-0.15, -0.1) is 0 Å². The Hall–Kier alpha value is -2.80. The molecular weight excluding hydrogens is 346 g/mol. The highest BCUT2D eigenvalue weighted by molar-refractivity contribution is 6.31. The SMILES string of the molecule is Cc1cc(NC(=O)CN(C)C(=O)c2oc3ccc(Cl)cc3c2C)no1. The van der Waals surface area contributed by atoms with Gasteiger partial charge < -0.3 is 19.2 Å². The minimum atomic E-state index is -0.392. The largest absolute Gasteiger partial charge is 0.451 e. The predicted molar refractivity (Wildman–Crippen MR) is 92.8 cm³/mol. The van der Waals surface area contributed by atoms with Crippen LogP contribution in [0.25, 0.3) is 11.0 Å². The molecule has 2 heterocycles. The maximum atomic E-state index is 12.6. The summed E-state index contributed by atoms with van der Waals surface area (Å²) in [6.45, 7) is 3.35. The molecule has 0 bridgehead atoms. The fourth-order valence-corrected chi connectivity index (χ4v) is 2.64. The van der Waals surface area contributed by atoms with Crippen molar-refractivity contribution in [3.63, 3.8) is 0 Å². The van der Waals surface area contributed by atoms with Crippen molar-refractivity contribution in [3.05, 3.63) is 46.4 Å². The van der Waals surface area contributed by atoms with Crippen molar-refractivity contribution < 1.29 is 18.5 Å². The molecule has 0 aliphatic carbocycles. The van der Waals surface area contributed by atoms with Crippen LogP contribution in [0.2, 0.25) is 5.02 Å². The molecule has 8 heteroatoms. The van der Waals surface area contributed by atoms with Crippen LogP contribution >= 0.6 is 11.6 Å². The number of likely N-dealkylation sites (N-methyl/N-ethyl adjacent to an activating group) is 1. The summed E-state index contributed by atoms with van der Waals surface area (Å²) < 4.78 is 10.5. The van der Waals surface area contributed by atoms with Crippen LogP contribution in [0, 0.1) is 13.8 Å². The number of furan rings is 1. The summed E-state index contributed by atoms with van der Waals surface area (Å²) in [5.41, 5.74) is 1.25. The van der Waals surface area contributed by atoms with Gasteiger partial charge in [0, 0.05) is 29.1 Å². The van der Waals surface area contributed by atoms with E-state index in [9.17, 15) is 9.59 Å². The van der Waals surface area contributed by atoms with Crippen molar-refractivity contribution in [2.45, 2.75) is 13.8 Å². The number of halogens is 1. The molecule has 1 aromatic carbocycles. The van der Waals surface area contributed by atoms with Gasteiger partial charge in [0.05, 0.1) is 0 Å². The number of nitrogens with zero attached hydrogens (tertiary/aromatic N) is 2. The molecule has 0 atom stereocenters. The highest BCUT2D eigenvalue weighted by Gasteiger charge is 2.23. The standard InChI is InChI=1S/C17H16ClN3O4/c1-9-6-14(20-25-9)19-15(22)8-21(3)17(23)16-10(2)12-7-11(18)4-5-13(12)24-16/h4-7H,8H2,1-3H3,(H,19,20,22). The Morgan fingerprint density at radius 2 is 2.04 bits per heavy atom. The molecule has 0 spiro atoms. The molecule has 2 aromatic heterocycles. The minimum absolute atomic E-state index is 0.151. The van der Waals surface area contributed by atoms with E-state index in [0.29, 0.717) is 27.7 Å². The summed E-state index contributed by atoms with van der Waals surface area (Å²) in [5.74, 6) is 0.288. The second-order valence-electron chi connectivity index (χ2n) is 5.73. The van der Waals surface area contributed by atoms with Crippen molar-refractivity contribution in [1.29, 1.82) is 0 Å². The molecule has 3 rings (SSSR count). The lowest BCUT2D eigenvalue weighted by atomic mass is 10.1. The number of hydrogen-bond acceptors (Lipinski definition) is 5. The lowest BCUT2D eigenvalue weighted by Gasteiger charge is -2.15. The number of carbonyl (C=O) groups excluding carboxylic acids is 2. The zero-order valence-corrected chi connectivity index (χ0v) is 14.7. The monoisotopic (exact) mass is 361 g/mol. The van der Waals surface area contributed by atoms with Gasteiger partial charge in [0.1, 0.15) is 17.9 Å². The Balaban J connectivity index is 1.74. The second-order valence-corrected chi connectivity index (χ2v) is 6.17. The third-order valence-corrected chi connectivity index (χ3v) is 3.95. The average Bonchev–Trinajstić information content (AvgIpc) is 3.10. The Bertz CT molecular complexity index is 960. The van der Waals surface area contributed by atoms with E-state index >= 15 is 0 Å². The minimum Gasteiger partial charge on any atom is -0.451 e. The number of benzene rings is 1. The molecule has 0 unspecified atom stereocenters. The molecule has 0 radical (unpaired) electrons. The Morgan fingerprint density at radius 3 is 2.72 bits per heavy atom. The molecule has 0 aliphatic rings. The van der Waals surface area contributed by atoms with Crippen LogP contribution < -0.4 is 5.32 Å². The quantitative estimate of drug-likeness (QED) is 0.769. The first kappa shape index (κ1) is 17.0. The first-order valence-electron chi connectivity index (χ1n) is 7.52. The van der Waals surface area contributed by atoms with E-state index in [1.165, 1.54) is 11.9 Å². The topological polar surface area (TPSA) is 88.6 Å². The maximum absolute atomic E-state index is 12.6. The van der Waals surface area contributed by atoms with Gasteiger partial charge in [-0.25, -0.2) is 0 Å². The van der Waals surface area contributed by atoms with Gasteiger partial charge in [-0.3, -0.25) is 9.59 Å². The van der Waals surface area contributed by atoms with Crippen LogP contribution in [0.1, 0.15) is 21.9 Å². The number of anilines is 1. The van der Waals surface area contributed by atoms with Crippen molar-refractivity contribution in [1.82, 2.24) is 10.1 Å². The summed E-state index contributed by atoms with van der Waals surface area (Å²) in [4.78, 5) is 25.9. The van der Waals surface area contributed by atoms with Gasteiger partial charge in [-0.2, -0.15) is 0 Å². The van der Waals surface area contributed by atoms with Gasteiger partial charge in [0.25, 0.3) is 5.91 Å². The summed E-state index contributed by atoms with van der Waals surface area (Å²) in [7, 11) is 1.52. The van der Waals surface area contributed by atoms with E-state index in [2.05, 4.69) is 10.5 Å². The third kappa shape index (κ3) is 3.51. The molecule has 7 nitrogen and oxygen atoms in total. The smallest absolute Gasteiger partial charge is 0.290 e. The molecule has 1 N–H and O–H groups in total. The predicted octanol–water partition coefficient (Wildman–Crippen LogP) is 3.40. The van der Waals surface area contributed by atoms with Crippen LogP contribution in [0.4, 0.5) is 5.82 Å². The van der Waals surface area contributed by atoms with E-state index in [0.717, 1.165) is 5.39 Å². The number of hydrogen-bond donors (Lipinski definition) is 1.